The minimum absolute atomic E-state index is 0.219. The first-order valence-electron chi connectivity index (χ1n) is 6.43. The second-order valence-corrected chi connectivity index (χ2v) is 4.96. The molecule has 0 heterocycles. The predicted molar refractivity (Wildman–Crippen MR) is 79.4 cm³/mol. The van der Waals surface area contributed by atoms with Gasteiger partial charge in [-0.2, -0.15) is 0 Å². The first-order chi connectivity index (χ1) is 9.12. The molecule has 0 amide bonds. The van der Waals surface area contributed by atoms with E-state index in [0.29, 0.717) is 19.6 Å². The number of methoxy groups -OCH3 is 1. The molecule has 0 bridgehead atoms. The Kier molecular flexibility index (Phi) is 7.38. The summed E-state index contributed by atoms with van der Waals surface area (Å²) >= 11 is 3.52. The molecule has 1 atom stereocenters. The van der Waals surface area contributed by atoms with Gasteiger partial charge in [0.05, 0.1) is 13.2 Å². The summed E-state index contributed by atoms with van der Waals surface area (Å²) in [6.07, 6.45) is 0.274. The van der Waals surface area contributed by atoms with Crippen LogP contribution in [0, 0.1) is 0 Å². The van der Waals surface area contributed by atoms with Crippen molar-refractivity contribution in [2.75, 3.05) is 20.3 Å². The summed E-state index contributed by atoms with van der Waals surface area (Å²) in [7, 11) is 1.65. The summed E-state index contributed by atoms with van der Waals surface area (Å²) in [4.78, 5) is 0. The summed E-state index contributed by atoms with van der Waals surface area (Å²) in [5, 5.41) is 0. The van der Waals surface area contributed by atoms with Gasteiger partial charge in [0.15, 0.2) is 6.29 Å². The first-order valence-corrected chi connectivity index (χ1v) is 7.22. The van der Waals surface area contributed by atoms with Crippen molar-refractivity contribution in [1.29, 1.82) is 0 Å². The molecule has 4 nitrogen and oxygen atoms in total. The third kappa shape index (κ3) is 5.10. The van der Waals surface area contributed by atoms with Crippen LogP contribution in [0.1, 0.15) is 19.4 Å². The Morgan fingerprint density at radius 3 is 2.37 bits per heavy atom. The van der Waals surface area contributed by atoms with Crippen LogP contribution in [0.15, 0.2) is 22.7 Å². The van der Waals surface area contributed by atoms with Crippen molar-refractivity contribution in [3.8, 4) is 5.75 Å². The highest BCUT2D eigenvalue weighted by Crippen LogP contribution is 2.24. The number of hydrogen-bond acceptors (Lipinski definition) is 4. The Morgan fingerprint density at radius 2 is 1.84 bits per heavy atom. The molecule has 0 spiro atoms. The van der Waals surface area contributed by atoms with Crippen LogP contribution in [-0.4, -0.2) is 32.7 Å². The van der Waals surface area contributed by atoms with Crippen molar-refractivity contribution < 1.29 is 14.2 Å². The zero-order valence-corrected chi connectivity index (χ0v) is 13.3. The zero-order valence-electron chi connectivity index (χ0n) is 11.7. The molecule has 1 aromatic carbocycles. The Labute approximate surface area is 123 Å². The molecule has 2 N–H and O–H groups in total. The second-order valence-electron chi connectivity index (χ2n) is 4.10. The normalized spacial score (nSPS) is 12.7. The van der Waals surface area contributed by atoms with E-state index in [2.05, 4.69) is 15.9 Å². The lowest BCUT2D eigenvalue weighted by atomic mass is 10.1. The molecule has 0 aliphatic carbocycles. The molecule has 0 saturated heterocycles. The second kappa shape index (κ2) is 8.53. The van der Waals surface area contributed by atoms with Crippen LogP contribution in [0.2, 0.25) is 0 Å². The van der Waals surface area contributed by atoms with Crippen LogP contribution >= 0.6 is 15.9 Å². The van der Waals surface area contributed by atoms with Crippen molar-refractivity contribution in [2.24, 2.45) is 5.73 Å². The summed E-state index contributed by atoms with van der Waals surface area (Å²) in [6.45, 7) is 5.02. The molecular formula is C14H22BrNO3. The fourth-order valence-corrected chi connectivity index (χ4v) is 2.22. The smallest absolute Gasteiger partial charge is 0.172 e. The van der Waals surface area contributed by atoms with E-state index in [9.17, 15) is 0 Å². The highest BCUT2D eigenvalue weighted by molar-refractivity contribution is 9.10. The van der Waals surface area contributed by atoms with Gasteiger partial charge in [-0.15, -0.1) is 0 Å². The summed E-state index contributed by atoms with van der Waals surface area (Å²) in [6, 6.07) is 5.61. The van der Waals surface area contributed by atoms with E-state index >= 15 is 0 Å². The fourth-order valence-electron chi connectivity index (χ4n) is 1.81. The molecule has 0 fully saturated rings. The third-order valence-electron chi connectivity index (χ3n) is 2.72. The molecule has 0 saturated carbocycles. The topological polar surface area (TPSA) is 53.7 Å². The zero-order chi connectivity index (χ0) is 14.3. The molecule has 0 aliphatic heterocycles. The molecule has 1 unspecified atom stereocenters. The van der Waals surface area contributed by atoms with Gasteiger partial charge in [-0.05, 0) is 44.0 Å². The van der Waals surface area contributed by atoms with Crippen LogP contribution in [0.5, 0.6) is 5.75 Å². The molecule has 5 heteroatoms. The lowest BCUT2D eigenvalue weighted by Crippen LogP contribution is -2.40. The van der Waals surface area contributed by atoms with Gasteiger partial charge in [-0.1, -0.05) is 15.9 Å². The van der Waals surface area contributed by atoms with Gasteiger partial charge in [0.1, 0.15) is 5.75 Å². The molecule has 1 rings (SSSR count). The largest absolute Gasteiger partial charge is 0.497 e. The van der Waals surface area contributed by atoms with Crippen LogP contribution in [0.3, 0.4) is 0 Å². The van der Waals surface area contributed by atoms with Crippen molar-refractivity contribution in [3.05, 3.63) is 28.2 Å². The van der Waals surface area contributed by atoms with Crippen molar-refractivity contribution in [2.45, 2.75) is 32.6 Å². The number of hydrogen-bond donors (Lipinski definition) is 1. The molecule has 19 heavy (non-hydrogen) atoms. The number of ether oxygens (including phenoxy) is 3. The maximum absolute atomic E-state index is 6.17. The third-order valence-corrected chi connectivity index (χ3v) is 3.49. The number of benzene rings is 1. The van der Waals surface area contributed by atoms with E-state index in [-0.39, 0.29) is 12.3 Å². The van der Waals surface area contributed by atoms with Crippen molar-refractivity contribution in [1.82, 2.24) is 0 Å². The fraction of sp³-hybridized carbons (Fsp3) is 0.571. The van der Waals surface area contributed by atoms with Crippen LogP contribution in [-0.2, 0) is 15.9 Å². The van der Waals surface area contributed by atoms with E-state index in [0.717, 1.165) is 15.8 Å². The monoisotopic (exact) mass is 331 g/mol. The summed E-state index contributed by atoms with van der Waals surface area (Å²) < 4.78 is 17.3. The van der Waals surface area contributed by atoms with E-state index in [1.54, 1.807) is 7.11 Å². The van der Waals surface area contributed by atoms with Gasteiger partial charge in [0.25, 0.3) is 0 Å². The van der Waals surface area contributed by atoms with Gasteiger partial charge in [-0.25, -0.2) is 0 Å². The van der Waals surface area contributed by atoms with E-state index in [1.165, 1.54) is 0 Å². The lowest BCUT2D eigenvalue weighted by Gasteiger charge is -2.24. The van der Waals surface area contributed by atoms with Crippen molar-refractivity contribution >= 4 is 15.9 Å². The molecule has 1 aromatic rings. The number of halogens is 1. The molecule has 0 aromatic heterocycles. The van der Waals surface area contributed by atoms with Crippen LogP contribution < -0.4 is 10.5 Å². The van der Waals surface area contributed by atoms with Crippen LogP contribution in [0.25, 0.3) is 0 Å². The van der Waals surface area contributed by atoms with Crippen LogP contribution in [0.4, 0.5) is 0 Å². The number of nitrogens with two attached hydrogens (primary N) is 1. The van der Waals surface area contributed by atoms with Gasteiger partial charge in [-0.3, -0.25) is 0 Å². The lowest BCUT2D eigenvalue weighted by molar-refractivity contribution is -0.148. The van der Waals surface area contributed by atoms with Gasteiger partial charge >= 0.3 is 0 Å². The Hall–Kier alpha value is -0.620. The Bertz CT molecular complexity index is 381. The SMILES string of the molecule is CCOC(OCC)C(N)Cc1cc(OC)ccc1Br. The Balaban J connectivity index is 2.75. The van der Waals surface area contributed by atoms with Gasteiger partial charge in [0, 0.05) is 17.7 Å². The highest BCUT2D eigenvalue weighted by atomic mass is 79.9. The van der Waals surface area contributed by atoms with E-state index in [4.69, 9.17) is 19.9 Å². The molecule has 0 radical (unpaired) electrons. The molecule has 108 valence electrons. The average Bonchev–Trinajstić information content (AvgIpc) is 2.41. The maximum atomic E-state index is 6.17. The maximum Gasteiger partial charge on any atom is 0.172 e. The Morgan fingerprint density at radius 1 is 1.21 bits per heavy atom. The van der Waals surface area contributed by atoms with Gasteiger partial charge < -0.3 is 19.9 Å². The standard InChI is InChI=1S/C14H22BrNO3/c1-4-18-14(19-5-2)13(16)9-10-8-11(17-3)6-7-12(10)15/h6-8,13-14H,4-5,9,16H2,1-3H3. The summed E-state index contributed by atoms with van der Waals surface area (Å²) in [5.41, 5.74) is 7.25. The minimum atomic E-state index is -0.381. The highest BCUT2D eigenvalue weighted by Gasteiger charge is 2.19. The minimum Gasteiger partial charge on any atom is -0.497 e. The van der Waals surface area contributed by atoms with Gasteiger partial charge in [0.2, 0.25) is 0 Å². The first kappa shape index (κ1) is 16.4. The molecular weight excluding hydrogens is 310 g/mol. The van der Waals surface area contributed by atoms with Crippen molar-refractivity contribution in [3.63, 3.8) is 0 Å². The van der Waals surface area contributed by atoms with E-state index < -0.39 is 0 Å². The molecule has 0 aliphatic rings. The summed E-state index contributed by atoms with van der Waals surface area (Å²) in [5.74, 6) is 0.815. The number of rotatable bonds is 8. The predicted octanol–water partition coefficient (Wildman–Crippen LogP) is 2.73. The van der Waals surface area contributed by atoms with E-state index in [1.807, 2.05) is 32.0 Å². The quantitative estimate of drug-likeness (QED) is 0.744. The average molecular weight is 332 g/mol.